The van der Waals surface area contributed by atoms with Gasteiger partial charge in [0.2, 0.25) is 0 Å². The van der Waals surface area contributed by atoms with Crippen molar-refractivity contribution in [1.82, 2.24) is 5.32 Å². The van der Waals surface area contributed by atoms with E-state index in [0.29, 0.717) is 65.6 Å². The minimum Gasteiger partial charge on any atom is -0.463 e. The van der Waals surface area contributed by atoms with Gasteiger partial charge in [0.1, 0.15) is 13.2 Å². The zero-order chi connectivity index (χ0) is 29.7. The number of esters is 1. The van der Waals surface area contributed by atoms with Crippen molar-refractivity contribution in [2.45, 2.75) is 70.6 Å². The lowest BCUT2D eigenvalue weighted by Gasteiger charge is -2.14. The zero-order valence-electron chi connectivity index (χ0n) is 25.3. The van der Waals surface area contributed by atoms with Crippen molar-refractivity contribution in [3.63, 3.8) is 0 Å². The van der Waals surface area contributed by atoms with E-state index in [1.807, 2.05) is 24.3 Å². The maximum absolute atomic E-state index is 12.2. The molecule has 0 radical (unpaired) electrons. The lowest BCUT2D eigenvalue weighted by atomic mass is 9.98. The predicted molar refractivity (Wildman–Crippen MR) is 164 cm³/mol. The number of unbranched alkanes of at least 4 members (excludes halogenated alkanes) is 6. The minimum absolute atomic E-state index is 0.0546. The van der Waals surface area contributed by atoms with Crippen molar-refractivity contribution < 1.29 is 33.3 Å². The average Bonchev–Trinajstić information content (AvgIpc) is 3.33. The van der Waals surface area contributed by atoms with Crippen molar-refractivity contribution in [1.29, 1.82) is 0 Å². The zero-order valence-corrected chi connectivity index (χ0v) is 25.3. The van der Waals surface area contributed by atoms with Crippen LogP contribution in [0.15, 0.2) is 48.5 Å². The van der Waals surface area contributed by atoms with Gasteiger partial charge in [0.25, 0.3) is 0 Å². The van der Waals surface area contributed by atoms with E-state index in [2.05, 4.69) is 36.5 Å². The SMILES string of the molecule is CCCCCCCCCC(=O)OCCOCCOCCOCCCNC(=O)OCC1c2ccccc2-c2ccccc21. The van der Waals surface area contributed by atoms with Crippen LogP contribution in [0.4, 0.5) is 4.79 Å². The molecular weight excluding hydrogens is 534 g/mol. The van der Waals surface area contributed by atoms with Gasteiger partial charge in [0.15, 0.2) is 0 Å². The van der Waals surface area contributed by atoms with Crippen LogP contribution >= 0.6 is 0 Å². The molecule has 0 unspecified atom stereocenters. The van der Waals surface area contributed by atoms with E-state index in [1.54, 1.807) is 0 Å². The van der Waals surface area contributed by atoms with Crippen LogP contribution in [0.1, 0.15) is 81.8 Å². The van der Waals surface area contributed by atoms with E-state index in [0.717, 1.165) is 12.8 Å². The first-order valence-corrected chi connectivity index (χ1v) is 15.7. The molecule has 0 saturated carbocycles. The summed E-state index contributed by atoms with van der Waals surface area (Å²) in [6.45, 7) is 6.02. The van der Waals surface area contributed by atoms with Crippen LogP contribution in [0.2, 0.25) is 0 Å². The van der Waals surface area contributed by atoms with Crippen LogP contribution in [0, 0.1) is 0 Å². The smallest absolute Gasteiger partial charge is 0.407 e. The Morgan fingerprint density at radius 2 is 1.19 bits per heavy atom. The number of alkyl carbamates (subject to hydrolysis) is 1. The van der Waals surface area contributed by atoms with Gasteiger partial charge in [-0.3, -0.25) is 4.79 Å². The number of rotatable bonds is 23. The molecule has 0 aliphatic heterocycles. The van der Waals surface area contributed by atoms with E-state index in [-0.39, 0.29) is 18.5 Å². The molecule has 8 nitrogen and oxygen atoms in total. The number of nitrogens with one attached hydrogen (secondary N) is 1. The maximum atomic E-state index is 12.2. The predicted octanol–water partition coefficient (Wildman–Crippen LogP) is 6.65. The molecule has 0 atom stereocenters. The van der Waals surface area contributed by atoms with Crippen molar-refractivity contribution in [3.05, 3.63) is 59.7 Å². The molecule has 2 aromatic carbocycles. The van der Waals surface area contributed by atoms with Gasteiger partial charge in [-0.05, 0) is 35.1 Å². The van der Waals surface area contributed by atoms with E-state index < -0.39 is 6.09 Å². The largest absolute Gasteiger partial charge is 0.463 e. The Kier molecular flexibility index (Phi) is 16.7. The van der Waals surface area contributed by atoms with Gasteiger partial charge in [-0.25, -0.2) is 4.79 Å². The number of carbonyl (C=O) groups is 2. The third-order valence-electron chi connectivity index (χ3n) is 7.30. The van der Waals surface area contributed by atoms with Gasteiger partial charge in [-0.1, -0.05) is 94.0 Å². The summed E-state index contributed by atoms with van der Waals surface area (Å²) in [4.78, 5) is 23.9. The molecule has 0 fully saturated rings. The molecule has 0 aromatic heterocycles. The first kappa shape index (κ1) is 33.6. The second-order valence-electron chi connectivity index (χ2n) is 10.5. The Balaban J connectivity index is 1.07. The molecule has 232 valence electrons. The monoisotopic (exact) mass is 583 g/mol. The number of ether oxygens (including phenoxy) is 5. The fourth-order valence-electron chi connectivity index (χ4n) is 5.07. The summed E-state index contributed by atoms with van der Waals surface area (Å²) in [5.74, 6) is -0.0898. The van der Waals surface area contributed by atoms with E-state index in [4.69, 9.17) is 23.7 Å². The Labute approximate surface area is 251 Å². The molecular formula is C34H49NO7. The van der Waals surface area contributed by atoms with Crippen LogP contribution in [0.5, 0.6) is 0 Å². The molecule has 1 amide bonds. The summed E-state index contributed by atoms with van der Waals surface area (Å²) in [5, 5.41) is 2.80. The minimum atomic E-state index is -0.414. The van der Waals surface area contributed by atoms with Crippen LogP contribution in [-0.4, -0.2) is 71.5 Å². The van der Waals surface area contributed by atoms with E-state index >= 15 is 0 Å². The number of benzene rings is 2. The highest BCUT2D eigenvalue weighted by Gasteiger charge is 2.28. The van der Waals surface area contributed by atoms with Gasteiger partial charge in [0, 0.05) is 25.5 Å². The maximum Gasteiger partial charge on any atom is 0.407 e. The molecule has 0 bridgehead atoms. The van der Waals surface area contributed by atoms with Gasteiger partial charge < -0.3 is 29.0 Å². The molecule has 1 aliphatic rings. The highest BCUT2D eigenvalue weighted by Crippen LogP contribution is 2.44. The number of amides is 1. The Hall–Kier alpha value is -2.94. The molecule has 0 heterocycles. The Bertz CT molecular complexity index is 999. The summed E-state index contributed by atoms with van der Waals surface area (Å²) < 4.78 is 27.2. The first-order chi connectivity index (χ1) is 20.7. The highest BCUT2D eigenvalue weighted by molar-refractivity contribution is 5.79. The summed E-state index contributed by atoms with van der Waals surface area (Å²) in [6.07, 6.45) is 9.05. The summed E-state index contributed by atoms with van der Waals surface area (Å²) in [7, 11) is 0. The molecule has 3 rings (SSSR count). The third kappa shape index (κ3) is 12.5. The summed E-state index contributed by atoms with van der Waals surface area (Å²) >= 11 is 0. The second-order valence-corrected chi connectivity index (χ2v) is 10.5. The normalized spacial score (nSPS) is 12.1. The lowest BCUT2D eigenvalue weighted by molar-refractivity contribution is -0.145. The van der Waals surface area contributed by atoms with Crippen molar-refractivity contribution in [2.24, 2.45) is 0 Å². The van der Waals surface area contributed by atoms with Gasteiger partial charge in [-0.2, -0.15) is 0 Å². The van der Waals surface area contributed by atoms with E-state index in [9.17, 15) is 9.59 Å². The molecule has 42 heavy (non-hydrogen) atoms. The van der Waals surface area contributed by atoms with Crippen molar-refractivity contribution in [2.75, 3.05) is 59.4 Å². The third-order valence-corrected chi connectivity index (χ3v) is 7.30. The number of hydrogen-bond donors (Lipinski definition) is 1. The van der Waals surface area contributed by atoms with Gasteiger partial charge in [-0.15, -0.1) is 0 Å². The van der Waals surface area contributed by atoms with Crippen molar-refractivity contribution in [3.8, 4) is 11.1 Å². The average molecular weight is 584 g/mol. The number of fused-ring (bicyclic) bond motifs is 3. The van der Waals surface area contributed by atoms with E-state index in [1.165, 1.54) is 54.4 Å². The standard InChI is InChI=1S/C34H49NO7/c1-2-3-4-5-6-7-8-18-33(36)41-26-25-40-24-23-39-22-21-38-20-13-19-35-34(37)42-27-32-30-16-11-9-14-28(30)29-15-10-12-17-31(29)32/h9-12,14-17,32H,2-8,13,18-27H2,1H3,(H,35,37). The molecule has 1 aliphatic carbocycles. The van der Waals surface area contributed by atoms with Crippen LogP contribution in [0.25, 0.3) is 11.1 Å². The molecule has 2 aromatic rings. The van der Waals surface area contributed by atoms with Crippen LogP contribution in [0.3, 0.4) is 0 Å². The quantitative estimate of drug-likeness (QED) is 0.116. The van der Waals surface area contributed by atoms with Gasteiger partial charge >= 0.3 is 12.1 Å². The summed E-state index contributed by atoms with van der Waals surface area (Å²) in [5.41, 5.74) is 4.82. The molecule has 1 N–H and O–H groups in total. The molecule has 0 saturated heterocycles. The summed E-state index contributed by atoms with van der Waals surface area (Å²) in [6, 6.07) is 16.6. The Morgan fingerprint density at radius 3 is 1.83 bits per heavy atom. The van der Waals surface area contributed by atoms with Gasteiger partial charge in [0.05, 0.1) is 33.0 Å². The van der Waals surface area contributed by atoms with Crippen LogP contribution in [-0.2, 0) is 28.5 Å². The topological polar surface area (TPSA) is 92.3 Å². The fourth-order valence-corrected chi connectivity index (χ4v) is 5.07. The fraction of sp³-hybridized carbons (Fsp3) is 0.588. The van der Waals surface area contributed by atoms with Crippen molar-refractivity contribution >= 4 is 12.1 Å². The number of carbonyl (C=O) groups excluding carboxylic acids is 2. The second kappa shape index (κ2) is 20.9. The van der Waals surface area contributed by atoms with Crippen LogP contribution < -0.4 is 5.32 Å². The molecule has 8 heteroatoms. The first-order valence-electron chi connectivity index (χ1n) is 15.7. The highest BCUT2D eigenvalue weighted by atomic mass is 16.6. The lowest BCUT2D eigenvalue weighted by Crippen LogP contribution is -2.27. The molecule has 0 spiro atoms. The number of hydrogen-bond acceptors (Lipinski definition) is 7. The Morgan fingerprint density at radius 1 is 0.643 bits per heavy atom.